The average molecular weight is 914 g/mol. The Morgan fingerprint density at radius 3 is 1.20 bits per heavy atom. The Kier molecular flexibility index (Phi) is 43.5. The van der Waals surface area contributed by atoms with Crippen LogP contribution < -0.4 is 4.89 Å². The minimum atomic E-state index is -4.65. The number of carbonyl (C=O) groups excluding carboxylic acids is 2. The Labute approximate surface area is 393 Å². The molecule has 9 nitrogen and oxygen atoms in total. The van der Waals surface area contributed by atoms with Crippen LogP contribution in [0.15, 0.2) is 0 Å². The van der Waals surface area contributed by atoms with Crippen molar-refractivity contribution in [2.75, 3.05) is 47.5 Å². The van der Waals surface area contributed by atoms with Crippen molar-refractivity contribution in [3.63, 3.8) is 0 Å². The highest BCUT2D eigenvalue weighted by Crippen LogP contribution is 2.38. The molecule has 0 aromatic heterocycles. The Morgan fingerprint density at radius 2 is 0.828 bits per heavy atom. The predicted molar refractivity (Wildman–Crippen MR) is 263 cm³/mol. The van der Waals surface area contributed by atoms with Crippen molar-refractivity contribution in [3.05, 3.63) is 0 Å². The first-order valence-corrected chi connectivity index (χ1v) is 27.1. The van der Waals surface area contributed by atoms with E-state index in [9.17, 15) is 19.0 Å². The van der Waals surface area contributed by atoms with Crippen LogP contribution in [0, 0.1) is 47.4 Å². The number of rotatable bonds is 42. The number of likely N-dealkylation sites (N-methyl/N-ethyl adjacent to an activating group) is 1. The highest BCUT2D eigenvalue weighted by molar-refractivity contribution is 7.45. The second kappa shape index (κ2) is 45.4. The third-order valence-electron chi connectivity index (χ3n) is 10.8. The zero-order chi connectivity index (χ0) is 47.1. The van der Waals surface area contributed by atoms with Gasteiger partial charge in [0.15, 0.2) is 6.10 Å². The number of phosphoric acid groups is 1. The van der Waals surface area contributed by atoms with Gasteiger partial charge in [-0.15, -0.1) is 0 Å². The van der Waals surface area contributed by atoms with Crippen LogP contribution in [0.5, 0.6) is 0 Å². The fourth-order valence-electron chi connectivity index (χ4n) is 6.76. The summed E-state index contributed by atoms with van der Waals surface area (Å²) in [6.07, 6.45) is 35.4. The molecule has 0 saturated carbocycles. The molecule has 0 aliphatic rings. The smallest absolute Gasteiger partial charge is 0.306 e. The summed E-state index contributed by atoms with van der Waals surface area (Å²) < 4.78 is 34.0. The average Bonchev–Trinajstić information content (AvgIpc) is 3.25. The molecule has 0 rings (SSSR count). The number of nitrogens with zero attached hydrogens (tertiary/aromatic N) is 1. The molecular formula is C54H92NO8P. The first-order valence-electron chi connectivity index (χ1n) is 25.7. The molecule has 10 heteroatoms. The van der Waals surface area contributed by atoms with Gasteiger partial charge in [-0.2, -0.15) is 0 Å². The molecule has 0 bridgehead atoms. The molecule has 0 saturated heterocycles. The molecule has 0 heterocycles. The second-order valence-corrected chi connectivity index (χ2v) is 19.7. The lowest BCUT2D eigenvalue weighted by molar-refractivity contribution is -0.870. The van der Waals surface area contributed by atoms with E-state index in [4.69, 9.17) is 18.5 Å². The summed E-state index contributed by atoms with van der Waals surface area (Å²) in [4.78, 5) is 37.7. The van der Waals surface area contributed by atoms with Crippen molar-refractivity contribution in [1.29, 1.82) is 0 Å². The quantitative estimate of drug-likeness (QED) is 0.0196. The van der Waals surface area contributed by atoms with Gasteiger partial charge in [-0.05, 0) is 62.2 Å². The van der Waals surface area contributed by atoms with E-state index in [2.05, 4.69) is 61.2 Å². The molecular weight excluding hydrogens is 822 g/mol. The number of phosphoric ester groups is 1. The molecule has 0 amide bonds. The van der Waals surface area contributed by atoms with Gasteiger partial charge in [0.05, 0.1) is 27.7 Å². The largest absolute Gasteiger partial charge is 0.756 e. The summed E-state index contributed by atoms with van der Waals surface area (Å²) in [7, 11) is 1.11. The molecule has 0 aliphatic carbocycles. The molecule has 0 aromatic rings. The third kappa shape index (κ3) is 48.7. The zero-order valence-corrected chi connectivity index (χ0v) is 42.5. The van der Waals surface area contributed by atoms with E-state index in [0.29, 0.717) is 23.9 Å². The van der Waals surface area contributed by atoms with Crippen LogP contribution in [0.2, 0.25) is 0 Å². The molecule has 0 radical (unpaired) electrons. The summed E-state index contributed by atoms with van der Waals surface area (Å²) in [5, 5.41) is 0. The maximum atomic E-state index is 12.7. The standard InChI is InChI=1S/C54H92NO8P/c1-6-8-10-12-14-16-18-20-22-24-26-28-30-32-34-36-38-40-42-44-46-53(56)60-50-52(51-62-64(58,59)61-49-48-55(3,4)5)63-54(57)47-45-43-41-39-37-35-33-31-29-27-25-23-21-19-17-15-13-11-9-7-2/h52H,6-23,32-51H2,1-5H3/t52-/m1/s1. The number of carbonyl (C=O) groups is 2. The fraction of sp³-hybridized carbons (Fsp3) is 0.815. The summed E-state index contributed by atoms with van der Waals surface area (Å²) >= 11 is 0. The van der Waals surface area contributed by atoms with Crippen molar-refractivity contribution in [2.45, 2.75) is 238 Å². The minimum Gasteiger partial charge on any atom is -0.756 e. The van der Waals surface area contributed by atoms with Crippen molar-refractivity contribution >= 4 is 19.8 Å². The lowest BCUT2D eigenvalue weighted by Gasteiger charge is -2.28. The van der Waals surface area contributed by atoms with Gasteiger partial charge >= 0.3 is 11.9 Å². The van der Waals surface area contributed by atoms with Crippen LogP contribution in [0.3, 0.4) is 0 Å². The van der Waals surface area contributed by atoms with E-state index in [1.54, 1.807) is 0 Å². The van der Waals surface area contributed by atoms with E-state index in [1.165, 1.54) is 96.3 Å². The molecule has 2 atom stereocenters. The van der Waals surface area contributed by atoms with Crippen LogP contribution in [0.1, 0.15) is 232 Å². The van der Waals surface area contributed by atoms with Gasteiger partial charge in [0, 0.05) is 38.5 Å². The zero-order valence-electron chi connectivity index (χ0n) is 41.6. The molecule has 0 fully saturated rings. The van der Waals surface area contributed by atoms with Crippen LogP contribution in [0.4, 0.5) is 0 Å². The van der Waals surface area contributed by atoms with Gasteiger partial charge in [0.25, 0.3) is 7.82 Å². The molecule has 1 unspecified atom stereocenters. The van der Waals surface area contributed by atoms with Crippen LogP contribution in [-0.4, -0.2) is 70.0 Å². The van der Waals surface area contributed by atoms with Crippen molar-refractivity contribution in [3.8, 4) is 47.4 Å². The second-order valence-electron chi connectivity index (χ2n) is 18.3. The van der Waals surface area contributed by atoms with Gasteiger partial charge in [0.2, 0.25) is 0 Å². The summed E-state index contributed by atoms with van der Waals surface area (Å²) in [5.41, 5.74) is 0. The first kappa shape index (κ1) is 61.2. The molecule has 0 N–H and O–H groups in total. The number of hydrogen-bond donors (Lipinski definition) is 0. The Morgan fingerprint density at radius 1 is 0.484 bits per heavy atom. The lowest BCUT2D eigenvalue weighted by Crippen LogP contribution is -2.37. The normalized spacial score (nSPS) is 12.3. The molecule has 0 spiro atoms. The summed E-state index contributed by atoms with van der Waals surface area (Å²) in [6.45, 7) is 4.13. The highest BCUT2D eigenvalue weighted by Gasteiger charge is 2.21. The number of hydrogen-bond acceptors (Lipinski definition) is 8. The SMILES string of the molecule is CCCCCCCCCCC#CC#CCCCCCCCCC(=O)OC[C@H](COP(=O)([O-])OCC[N+](C)(C)C)OC(=O)CCCCCCCCC#CC#CCCCCCCCCCC. The molecule has 0 aromatic carbocycles. The van der Waals surface area contributed by atoms with Crippen molar-refractivity contribution in [2.24, 2.45) is 0 Å². The van der Waals surface area contributed by atoms with Gasteiger partial charge in [0.1, 0.15) is 19.8 Å². The Bertz CT molecular complexity index is 1440. The first-order chi connectivity index (χ1) is 31.0. The summed E-state index contributed by atoms with van der Waals surface area (Å²) in [6, 6.07) is 0. The van der Waals surface area contributed by atoms with E-state index >= 15 is 0 Å². The highest BCUT2D eigenvalue weighted by atomic mass is 31.2. The molecule has 0 aliphatic heterocycles. The maximum Gasteiger partial charge on any atom is 0.306 e. The number of ether oxygens (including phenoxy) is 2. The topological polar surface area (TPSA) is 111 Å². The summed E-state index contributed by atoms with van der Waals surface area (Å²) in [5.74, 6) is 23.7. The van der Waals surface area contributed by atoms with Gasteiger partial charge in [-0.3, -0.25) is 14.2 Å². The van der Waals surface area contributed by atoms with E-state index in [-0.39, 0.29) is 26.1 Å². The van der Waals surface area contributed by atoms with Gasteiger partial charge < -0.3 is 27.9 Å². The number of quaternary nitrogens is 1. The number of unbranched alkanes of at least 4 members (excludes halogenated alkanes) is 28. The van der Waals surface area contributed by atoms with Crippen LogP contribution >= 0.6 is 7.82 Å². The van der Waals surface area contributed by atoms with E-state index in [0.717, 1.165) is 96.3 Å². The predicted octanol–water partition coefficient (Wildman–Crippen LogP) is 13.0. The van der Waals surface area contributed by atoms with Gasteiger partial charge in [-0.25, -0.2) is 0 Å². The van der Waals surface area contributed by atoms with Gasteiger partial charge in [-0.1, -0.05) is 179 Å². The van der Waals surface area contributed by atoms with Crippen molar-refractivity contribution in [1.82, 2.24) is 0 Å². The molecule has 366 valence electrons. The van der Waals surface area contributed by atoms with E-state index in [1.807, 2.05) is 21.1 Å². The Balaban J connectivity index is 4.35. The minimum absolute atomic E-state index is 0.0476. The fourth-order valence-corrected chi connectivity index (χ4v) is 7.49. The number of esters is 2. The maximum absolute atomic E-state index is 12.7. The molecule has 64 heavy (non-hydrogen) atoms. The lowest BCUT2D eigenvalue weighted by atomic mass is 10.1. The van der Waals surface area contributed by atoms with E-state index < -0.39 is 32.5 Å². The van der Waals surface area contributed by atoms with Crippen LogP contribution in [-0.2, 0) is 32.7 Å². The third-order valence-corrected chi connectivity index (χ3v) is 11.8. The van der Waals surface area contributed by atoms with Crippen LogP contribution in [0.25, 0.3) is 0 Å². The van der Waals surface area contributed by atoms with Crippen molar-refractivity contribution < 1.29 is 42.1 Å². The monoisotopic (exact) mass is 914 g/mol. The Hall–Kier alpha value is -2.75.